The maximum Gasteiger partial charge on any atom is 0.101 e. The van der Waals surface area contributed by atoms with Gasteiger partial charge in [0.05, 0.1) is 0 Å². The van der Waals surface area contributed by atoms with Gasteiger partial charge in [-0.2, -0.15) is 0 Å². The van der Waals surface area contributed by atoms with E-state index in [2.05, 4.69) is 19.2 Å². The molecular formula is C13H23NO2S. The summed E-state index contributed by atoms with van der Waals surface area (Å²) in [7, 11) is 0. The monoisotopic (exact) mass is 257 g/mol. The first-order chi connectivity index (χ1) is 8.05. The standard InChI is InChI=1S/C13H23NO2S/c1-13(2,6-4-7-15)10-14-9-11(16)12-5-3-8-17-12/h3,5,8,11,14-16H,4,6-7,9-10H2,1-2H3. The van der Waals surface area contributed by atoms with E-state index in [-0.39, 0.29) is 12.0 Å². The summed E-state index contributed by atoms with van der Waals surface area (Å²) in [5.74, 6) is 0. The lowest BCUT2D eigenvalue weighted by molar-refractivity contribution is 0.168. The summed E-state index contributed by atoms with van der Waals surface area (Å²) in [6, 6.07) is 3.91. The highest BCUT2D eigenvalue weighted by Crippen LogP contribution is 2.22. The Kier molecular flexibility index (Phi) is 6.12. The van der Waals surface area contributed by atoms with Gasteiger partial charge in [0, 0.05) is 24.6 Å². The lowest BCUT2D eigenvalue weighted by atomic mass is 9.88. The van der Waals surface area contributed by atoms with Crippen LogP contribution in [0.1, 0.15) is 37.7 Å². The van der Waals surface area contributed by atoms with E-state index < -0.39 is 6.10 Å². The van der Waals surface area contributed by atoms with Crippen molar-refractivity contribution < 1.29 is 10.2 Å². The molecule has 0 aliphatic rings. The summed E-state index contributed by atoms with van der Waals surface area (Å²) in [6.45, 7) is 6.04. The largest absolute Gasteiger partial charge is 0.396 e. The van der Waals surface area contributed by atoms with E-state index in [1.807, 2.05) is 17.5 Å². The second-order valence-electron chi connectivity index (χ2n) is 5.15. The van der Waals surface area contributed by atoms with E-state index in [1.165, 1.54) is 0 Å². The van der Waals surface area contributed by atoms with E-state index in [1.54, 1.807) is 11.3 Å². The molecule has 0 aliphatic carbocycles. The third-order valence-corrected chi connectivity index (χ3v) is 3.80. The van der Waals surface area contributed by atoms with Crippen LogP contribution < -0.4 is 5.32 Å². The van der Waals surface area contributed by atoms with Gasteiger partial charge in [0.25, 0.3) is 0 Å². The van der Waals surface area contributed by atoms with E-state index in [9.17, 15) is 5.11 Å². The van der Waals surface area contributed by atoms with Crippen LogP contribution >= 0.6 is 11.3 Å². The molecule has 1 heterocycles. The van der Waals surface area contributed by atoms with Gasteiger partial charge in [-0.25, -0.2) is 0 Å². The fraction of sp³-hybridized carbons (Fsp3) is 0.692. The normalized spacial score (nSPS) is 13.9. The minimum Gasteiger partial charge on any atom is -0.396 e. The van der Waals surface area contributed by atoms with Gasteiger partial charge in [0.15, 0.2) is 0 Å². The van der Waals surface area contributed by atoms with Gasteiger partial charge >= 0.3 is 0 Å². The first-order valence-electron chi connectivity index (χ1n) is 6.08. The van der Waals surface area contributed by atoms with Gasteiger partial charge in [-0.15, -0.1) is 11.3 Å². The fourth-order valence-corrected chi connectivity index (χ4v) is 2.49. The van der Waals surface area contributed by atoms with Crippen LogP contribution in [0.2, 0.25) is 0 Å². The topological polar surface area (TPSA) is 52.5 Å². The average Bonchev–Trinajstić information content (AvgIpc) is 2.79. The smallest absolute Gasteiger partial charge is 0.101 e. The van der Waals surface area contributed by atoms with Crippen LogP contribution in [0, 0.1) is 5.41 Å². The Balaban J connectivity index is 2.23. The highest BCUT2D eigenvalue weighted by Gasteiger charge is 2.17. The highest BCUT2D eigenvalue weighted by atomic mass is 32.1. The Labute approximate surface area is 107 Å². The summed E-state index contributed by atoms with van der Waals surface area (Å²) in [5.41, 5.74) is 0.165. The van der Waals surface area contributed by atoms with E-state index in [0.29, 0.717) is 6.54 Å². The number of rotatable bonds is 8. The Morgan fingerprint density at radius 2 is 2.24 bits per heavy atom. The number of hydrogen-bond acceptors (Lipinski definition) is 4. The molecule has 3 N–H and O–H groups in total. The second kappa shape index (κ2) is 7.11. The molecule has 1 aromatic rings. The summed E-state index contributed by atoms with van der Waals surface area (Å²) >= 11 is 1.58. The molecule has 0 fully saturated rings. The van der Waals surface area contributed by atoms with Crippen LogP contribution in [0.4, 0.5) is 0 Å². The molecule has 0 aromatic carbocycles. The molecule has 1 unspecified atom stereocenters. The van der Waals surface area contributed by atoms with Crippen LogP contribution in [0.3, 0.4) is 0 Å². The Morgan fingerprint density at radius 1 is 1.47 bits per heavy atom. The Hall–Kier alpha value is -0.420. The minimum absolute atomic E-state index is 0.165. The van der Waals surface area contributed by atoms with Gasteiger partial charge in [-0.1, -0.05) is 19.9 Å². The van der Waals surface area contributed by atoms with Crippen LogP contribution in [0.25, 0.3) is 0 Å². The maximum absolute atomic E-state index is 9.89. The molecular weight excluding hydrogens is 234 g/mol. The summed E-state index contributed by atoms with van der Waals surface area (Å²) in [6.07, 6.45) is 1.41. The molecule has 98 valence electrons. The fourth-order valence-electron chi connectivity index (χ4n) is 1.77. The zero-order valence-electron chi connectivity index (χ0n) is 10.6. The van der Waals surface area contributed by atoms with Crippen LogP contribution in [-0.2, 0) is 0 Å². The molecule has 1 aromatic heterocycles. The first-order valence-corrected chi connectivity index (χ1v) is 6.96. The summed E-state index contributed by atoms with van der Waals surface area (Å²) in [4.78, 5) is 1.01. The molecule has 1 atom stereocenters. The summed E-state index contributed by atoms with van der Waals surface area (Å²) < 4.78 is 0. The number of aliphatic hydroxyl groups is 2. The predicted octanol–water partition coefficient (Wildman–Crippen LogP) is 2.17. The van der Waals surface area contributed by atoms with Crippen molar-refractivity contribution in [3.05, 3.63) is 22.4 Å². The average molecular weight is 257 g/mol. The molecule has 0 radical (unpaired) electrons. The van der Waals surface area contributed by atoms with E-state index in [4.69, 9.17) is 5.11 Å². The van der Waals surface area contributed by atoms with Crippen LogP contribution in [0.5, 0.6) is 0 Å². The number of nitrogens with one attached hydrogen (secondary N) is 1. The lowest BCUT2D eigenvalue weighted by Crippen LogP contribution is -2.32. The molecule has 0 aliphatic heterocycles. The molecule has 1 rings (SSSR count). The predicted molar refractivity (Wildman–Crippen MR) is 72.2 cm³/mol. The zero-order chi connectivity index (χ0) is 12.7. The van der Waals surface area contributed by atoms with E-state index in [0.717, 1.165) is 24.3 Å². The van der Waals surface area contributed by atoms with Gasteiger partial charge in [-0.3, -0.25) is 0 Å². The second-order valence-corrected chi connectivity index (χ2v) is 6.13. The van der Waals surface area contributed by atoms with Gasteiger partial charge < -0.3 is 15.5 Å². The SMILES string of the molecule is CC(C)(CCCO)CNCC(O)c1cccs1. The molecule has 0 bridgehead atoms. The Morgan fingerprint density at radius 3 is 2.82 bits per heavy atom. The first kappa shape index (κ1) is 14.6. The third kappa shape index (κ3) is 5.64. The minimum atomic E-state index is -0.413. The number of thiophene rings is 1. The molecule has 0 saturated heterocycles. The number of aliphatic hydroxyl groups excluding tert-OH is 2. The van der Waals surface area contributed by atoms with Crippen molar-refractivity contribution in [3.8, 4) is 0 Å². The summed E-state index contributed by atoms with van der Waals surface area (Å²) in [5, 5.41) is 24.0. The highest BCUT2D eigenvalue weighted by molar-refractivity contribution is 7.10. The van der Waals surface area contributed by atoms with E-state index >= 15 is 0 Å². The van der Waals surface area contributed by atoms with Crippen molar-refractivity contribution in [2.45, 2.75) is 32.8 Å². The van der Waals surface area contributed by atoms with Gasteiger partial charge in [0.2, 0.25) is 0 Å². The van der Waals surface area contributed by atoms with Gasteiger partial charge in [-0.05, 0) is 29.7 Å². The maximum atomic E-state index is 9.89. The van der Waals surface area contributed by atoms with Crippen molar-refractivity contribution in [1.82, 2.24) is 5.32 Å². The molecule has 0 spiro atoms. The van der Waals surface area contributed by atoms with Crippen molar-refractivity contribution in [1.29, 1.82) is 0 Å². The molecule has 0 amide bonds. The Bertz CT molecular complexity index is 298. The third-order valence-electron chi connectivity index (χ3n) is 2.82. The van der Waals surface area contributed by atoms with Crippen molar-refractivity contribution in [2.75, 3.05) is 19.7 Å². The quantitative estimate of drug-likeness (QED) is 0.669. The molecule has 0 saturated carbocycles. The zero-order valence-corrected chi connectivity index (χ0v) is 11.5. The molecule has 3 nitrogen and oxygen atoms in total. The van der Waals surface area contributed by atoms with Crippen LogP contribution in [-0.4, -0.2) is 29.9 Å². The molecule has 17 heavy (non-hydrogen) atoms. The van der Waals surface area contributed by atoms with Crippen LogP contribution in [0.15, 0.2) is 17.5 Å². The number of hydrogen-bond donors (Lipinski definition) is 3. The lowest BCUT2D eigenvalue weighted by Gasteiger charge is -2.25. The van der Waals surface area contributed by atoms with Crippen molar-refractivity contribution in [2.24, 2.45) is 5.41 Å². The molecule has 4 heteroatoms. The van der Waals surface area contributed by atoms with Crippen molar-refractivity contribution >= 4 is 11.3 Å². The van der Waals surface area contributed by atoms with Crippen molar-refractivity contribution in [3.63, 3.8) is 0 Å². The van der Waals surface area contributed by atoms with Gasteiger partial charge in [0.1, 0.15) is 6.10 Å².